The van der Waals surface area contributed by atoms with Crippen molar-refractivity contribution in [1.82, 2.24) is 14.5 Å². The molecular formula is C18H29N3O3S. The molecule has 1 N–H and O–H groups in total. The number of carbonyl (C=O) groups is 1. The lowest BCUT2D eigenvalue weighted by Gasteiger charge is -2.34. The van der Waals surface area contributed by atoms with E-state index in [9.17, 15) is 13.2 Å². The van der Waals surface area contributed by atoms with Crippen molar-refractivity contribution in [1.29, 1.82) is 0 Å². The van der Waals surface area contributed by atoms with E-state index >= 15 is 0 Å². The predicted molar refractivity (Wildman–Crippen MR) is 99.8 cm³/mol. The van der Waals surface area contributed by atoms with Crippen molar-refractivity contribution < 1.29 is 13.2 Å². The summed E-state index contributed by atoms with van der Waals surface area (Å²) in [5, 5.41) is 2.91. The average Bonchev–Trinajstić information content (AvgIpc) is 2.54. The Morgan fingerprint density at radius 2 is 1.72 bits per heavy atom. The lowest BCUT2D eigenvalue weighted by molar-refractivity contribution is 0.168. The van der Waals surface area contributed by atoms with Crippen molar-refractivity contribution in [3.8, 4) is 0 Å². The van der Waals surface area contributed by atoms with Crippen molar-refractivity contribution in [2.75, 3.05) is 32.7 Å². The summed E-state index contributed by atoms with van der Waals surface area (Å²) in [6, 6.07) is 7.41. The molecule has 1 aromatic rings. The van der Waals surface area contributed by atoms with Crippen LogP contribution in [-0.4, -0.2) is 56.4 Å². The van der Waals surface area contributed by atoms with Crippen molar-refractivity contribution in [3.05, 3.63) is 35.4 Å². The molecule has 25 heavy (non-hydrogen) atoms. The first-order valence-corrected chi connectivity index (χ1v) is 10.2. The Morgan fingerprint density at radius 1 is 1.12 bits per heavy atom. The molecule has 0 unspecified atom stereocenters. The second-order valence-corrected chi connectivity index (χ2v) is 9.76. The van der Waals surface area contributed by atoms with Crippen molar-refractivity contribution in [2.24, 2.45) is 5.41 Å². The summed E-state index contributed by atoms with van der Waals surface area (Å²) < 4.78 is 26.8. The Balaban J connectivity index is 1.90. The van der Waals surface area contributed by atoms with Gasteiger partial charge >= 0.3 is 6.03 Å². The molecule has 140 valence electrons. The van der Waals surface area contributed by atoms with Crippen LogP contribution < -0.4 is 5.32 Å². The quantitative estimate of drug-likeness (QED) is 0.887. The normalized spacial score (nSPS) is 16.7. The van der Waals surface area contributed by atoms with Crippen LogP contribution in [0.3, 0.4) is 0 Å². The van der Waals surface area contributed by atoms with E-state index in [1.54, 1.807) is 4.90 Å². The predicted octanol–water partition coefficient (Wildman–Crippen LogP) is 2.20. The molecule has 0 spiro atoms. The highest BCUT2D eigenvalue weighted by molar-refractivity contribution is 7.88. The molecule has 1 heterocycles. The molecule has 0 aromatic heterocycles. The van der Waals surface area contributed by atoms with Gasteiger partial charge in [0.2, 0.25) is 10.0 Å². The maximum absolute atomic E-state index is 12.6. The van der Waals surface area contributed by atoms with Crippen LogP contribution in [-0.2, 0) is 15.8 Å². The largest absolute Gasteiger partial charge is 0.337 e. The number of rotatable bonds is 4. The van der Waals surface area contributed by atoms with Crippen LogP contribution in [0.4, 0.5) is 4.79 Å². The lowest BCUT2D eigenvalue weighted by atomic mass is 9.97. The van der Waals surface area contributed by atoms with E-state index < -0.39 is 10.0 Å². The SMILES string of the molecule is Cc1ccccc1CS(=O)(=O)N1CCN(C(=O)NCC(C)(C)C)CC1. The van der Waals surface area contributed by atoms with Crippen molar-refractivity contribution in [2.45, 2.75) is 33.4 Å². The van der Waals surface area contributed by atoms with Gasteiger partial charge in [0, 0.05) is 32.7 Å². The van der Waals surface area contributed by atoms with Gasteiger partial charge in [-0.3, -0.25) is 0 Å². The van der Waals surface area contributed by atoms with E-state index in [0.717, 1.165) is 11.1 Å². The maximum Gasteiger partial charge on any atom is 0.317 e. The van der Waals surface area contributed by atoms with Gasteiger partial charge in [-0.25, -0.2) is 13.2 Å². The zero-order valence-corrected chi connectivity index (χ0v) is 16.4. The molecule has 1 saturated heterocycles. The molecule has 2 rings (SSSR count). The van der Waals surface area contributed by atoms with Gasteiger partial charge in [0.05, 0.1) is 5.75 Å². The van der Waals surface area contributed by atoms with Crippen molar-refractivity contribution in [3.63, 3.8) is 0 Å². The van der Waals surface area contributed by atoms with Gasteiger partial charge in [-0.15, -0.1) is 0 Å². The van der Waals surface area contributed by atoms with Gasteiger partial charge in [-0.1, -0.05) is 45.0 Å². The molecule has 7 heteroatoms. The molecule has 0 aliphatic carbocycles. The van der Waals surface area contributed by atoms with E-state index in [1.165, 1.54) is 4.31 Å². The smallest absolute Gasteiger partial charge is 0.317 e. The Hall–Kier alpha value is -1.60. The summed E-state index contributed by atoms with van der Waals surface area (Å²) in [6.45, 7) is 10.2. The topological polar surface area (TPSA) is 69.7 Å². The van der Waals surface area contributed by atoms with Crippen LogP contribution in [0.1, 0.15) is 31.9 Å². The molecule has 2 amide bonds. The molecule has 0 saturated carbocycles. The number of carbonyl (C=O) groups excluding carboxylic acids is 1. The standard InChI is InChI=1S/C18H29N3O3S/c1-15-7-5-6-8-16(15)13-25(23,24)21-11-9-20(10-12-21)17(22)19-14-18(2,3)4/h5-8H,9-14H2,1-4H3,(H,19,22). The number of amides is 2. The van der Waals surface area contributed by atoms with E-state index in [4.69, 9.17) is 0 Å². The van der Waals surface area contributed by atoms with E-state index in [2.05, 4.69) is 26.1 Å². The second kappa shape index (κ2) is 7.74. The van der Waals surface area contributed by atoms with Gasteiger partial charge in [0.25, 0.3) is 0 Å². The van der Waals surface area contributed by atoms with Crippen LogP contribution in [0.15, 0.2) is 24.3 Å². The Bertz CT molecular complexity index is 703. The third kappa shape index (κ3) is 5.71. The first-order valence-electron chi connectivity index (χ1n) is 8.64. The zero-order valence-electron chi connectivity index (χ0n) is 15.6. The van der Waals surface area contributed by atoms with Crippen molar-refractivity contribution >= 4 is 16.1 Å². The number of hydrogen-bond acceptors (Lipinski definition) is 3. The van der Waals surface area contributed by atoms with Gasteiger partial charge < -0.3 is 10.2 Å². The minimum Gasteiger partial charge on any atom is -0.337 e. The summed E-state index contributed by atoms with van der Waals surface area (Å²) in [7, 11) is -3.37. The summed E-state index contributed by atoms with van der Waals surface area (Å²) in [4.78, 5) is 13.9. The van der Waals surface area contributed by atoms with E-state index in [1.807, 2.05) is 31.2 Å². The highest BCUT2D eigenvalue weighted by Gasteiger charge is 2.29. The minimum atomic E-state index is -3.37. The molecule has 0 atom stereocenters. The third-order valence-corrected chi connectivity index (χ3v) is 6.12. The molecular weight excluding hydrogens is 338 g/mol. The minimum absolute atomic E-state index is 0.00982. The number of benzene rings is 1. The Labute approximate surface area is 151 Å². The molecule has 1 aliphatic rings. The van der Waals surface area contributed by atoms with E-state index in [-0.39, 0.29) is 17.2 Å². The maximum atomic E-state index is 12.6. The summed E-state index contributed by atoms with van der Waals surface area (Å²) in [6.07, 6.45) is 0. The summed E-state index contributed by atoms with van der Waals surface area (Å²) >= 11 is 0. The average molecular weight is 368 g/mol. The third-order valence-electron chi connectivity index (χ3n) is 4.29. The van der Waals surface area contributed by atoms with Gasteiger partial charge in [0.15, 0.2) is 0 Å². The number of hydrogen-bond donors (Lipinski definition) is 1. The van der Waals surface area contributed by atoms with Gasteiger partial charge in [-0.05, 0) is 23.5 Å². The second-order valence-electron chi connectivity index (χ2n) is 7.79. The zero-order chi connectivity index (χ0) is 18.7. The fourth-order valence-electron chi connectivity index (χ4n) is 2.68. The van der Waals surface area contributed by atoms with Crippen LogP contribution in [0.25, 0.3) is 0 Å². The van der Waals surface area contributed by atoms with Crippen LogP contribution in [0.2, 0.25) is 0 Å². The first-order chi connectivity index (χ1) is 11.6. The number of nitrogens with one attached hydrogen (secondary N) is 1. The summed E-state index contributed by atoms with van der Waals surface area (Å²) in [5.74, 6) is 0.00982. The molecule has 0 bridgehead atoms. The number of aryl methyl sites for hydroxylation is 1. The number of urea groups is 1. The van der Waals surface area contributed by atoms with Gasteiger partial charge in [-0.2, -0.15) is 4.31 Å². The fraction of sp³-hybridized carbons (Fsp3) is 0.611. The van der Waals surface area contributed by atoms with Crippen LogP contribution in [0.5, 0.6) is 0 Å². The Morgan fingerprint density at radius 3 is 2.28 bits per heavy atom. The molecule has 1 fully saturated rings. The Kier molecular flexibility index (Phi) is 6.11. The summed E-state index contributed by atoms with van der Waals surface area (Å²) in [5.41, 5.74) is 1.83. The first kappa shape index (κ1) is 19.7. The van der Waals surface area contributed by atoms with Crippen LogP contribution in [0, 0.1) is 12.3 Å². The number of piperazine rings is 1. The van der Waals surface area contributed by atoms with Gasteiger partial charge in [0.1, 0.15) is 0 Å². The highest BCUT2D eigenvalue weighted by Crippen LogP contribution is 2.17. The molecule has 1 aliphatic heterocycles. The van der Waals surface area contributed by atoms with Crippen LogP contribution >= 0.6 is 0 Å². The van der Waals surface area contributed by atoms with E-state index in [0.29, 0.717) is 32.7 Å². The number of sulfonamides is 1. The molecule has 6 nitrogen and oxygen atoms in total. The number of nitrogens with zero attached hydrogens (tertiary/aromatic N) is 2. The molecule has 1 aromatic carbocycles. The molecule has 0 radical (unpaired) electrons. The lowest BCUT2D eigenvalue weighted by Crippen LogP contribution is -2.54. The highest BCUT2D eigenvalue weighted by atomic mass is 32.2. The monoisotopic (exact) mass is 367 g/mol. The fourth-order valence-corrected chi connectivity index (χ4v) is 4.30.